The van der Waals surface area contributed by atoms with Gasteiger partial charge in [0.05, 0.1) is 21.3 Å². The fourth-order valence-electron chi connectivity index (χ4n) is 4.48. The van der Waals surface area contributed by atoms with Crippen molar-refractivity contribution in [1.29, 1.82) is 0 Å². The molecule has 2 aromatic heterocycles. The summed E-state index contributed by atoms with van der Waals surface area (Å²) in [5.41, 5.74) is 3.97. The van der Waals surface area contributed by atoms with Crippen LogP contribution in [-0.2, 0) is 23.1 Å². The summed E-state index contributed by atoms with van der Waals surface area (Å²) in [6, 6.07) is 32.8. The highest BCUT2D eigenvalue weighted by molar-refractivity contribution is 9.10. The van der Waals surface area contributed by atoms with Gasteiger partial charge in [0.15, 0.2) is 5.65 Å². The maximum absolute atomic E-state index is 13.0. The van der Waals surface area contributed by atoms with Crippen LogP contribution in [0.15, 0.2) is 125 Å². The molecule has 0 bridgehead atoms. The molecule has 0 aliphatic rings. The lowest BCUT2D eigenvalue weighted by atomic mass is 10.1. The molecule has 43 heavy (non-hydrogen) atoms. The standard InChI is InChI=1S/C32H25BrClN5O3S/c33-28-21-36-39-31(18-30(38-32(28)39)27-11-4-5-12-29(27)34)35-19-22-7-6-8-23(17-22)20-37-43(40,41)26-15-13-25(14-16-26)42-24-9-2-1-3-10-24/h1-18,21,35,37H,19-20H2. The molecule has 8 nitrogen and oxygen atoms in total. The molecule has 0 radical (unpaired) electrons. The Morgan fingerprint density at radius 3 is 2.28 bits per heavy atom. The van der Waals surface area contributed by atoms with E-state index in [0.717, 1.165) is 27.0 Å². The number of sulfonamides is 1. The molecule has 0 aliphatic carbocycles. The number of nitrogens with zero attached hydrogens (tertiary/aromatic N) is 3. The second-order valence-electron chi connectivity index (χ2n) is 9.62. The third-order valence-electron chi connectivity index (χ3n) is 6.62. The highest BCUT2D eigenvalue weighted by atomic mass is 79.9. The smallest absolute Gasteiger partial charge is 0.240 e. The fraction of sp³-hybridized carbons (Fsp3) is 0.0625. The van der Waals surface area contributed by atoms with Crippen molar-refractivity contribution in [2.45, 2.75) is 18.0 Å². The van der Waals surface area contributed by atoms with Crippen molar-refractivity contribution in [2.75, 3.05) is 5.32 Å². The van der Waals surface area contributed by atoms with E-state index in [-0.39, 0.29) is 11.4 Å². The van der Waals surface area contributed by atoms with E-state index in [2.05, 4.69) is 31.1 Å². The monoisotopic (exact) mass is 673 g/mol. The number of benzene rings is 4. The average Bonchev–Trinajstić information content (AvgIpc) is 3.40. The summed E-state index contributed by atoms with van der Waals surface area (Å²) in [4.78, 5) is 4.91. The highest BCUT2D eigenvalue weighted by Gasteiger charge is 2.15. The summed E-state index contributed by atoms with van der Waals surface area (Å²) in [5.74, 6) is 1.96. The molecule has 0 saturated carbocycles. The summed E-state index contributed by atoms with van der Waals surface area (Å²) < 4.78 is 36.9. The van der Waals surface area contributed by atoms with Crippen LogP contribution in [0, 0.1) is 0 Å². The normalized spacial score (nSPS) is 11.5. The van der Waals surface area contributed by atoms with Gasteiger partial charge >= 0.3 is 0 Å². The van der Waals surface area contributed by atoms with Crippen LogP contribution in [0.4, 0.5) is 5.82 Å². The second-order valence-corrected chi connectivity index (χ2v) is 12.6. The Morgan fingerprint density at radius 1 is 0.814 bits per heavy atom. The van der Waals surface area contributed by atoms with Crippen LogP contribution in [0.25, 0.3) is 16.9 Å². The largest absolute Gasteiger partial charge is 0.457 e. The Hall–Kier alpha value is -4.22. The summed E-state index contributed by atoms with van der Waals surface area (Å²) in [6.07, 6.45) is 1.69. The van der Waals surface area contributed by atoms with Crippen molar-refractivity contribution in [3.05, 3.63) is 136 Å². The molecule has 4 aromatic carbocycles. The van der Waals surface area contributed by atoms with Crippen molar-refractivity contribution in [1.82, 2.24) is 19.3 Å². The number of anilines is 1. The Kier molecular flexibility index (Phi) is 8.44. The number of fused-ring (bicyclic) bond motifs is 1. The summed E-state index contributed by atoms with van der Waals surface area (Å²) in [7, 11) is -3.73. The predicted molar refractivity (Wildman–Crippen MR) is 172 cm³/mol. The molecule has 0 fully saturated rings. The van der Waals surface area contributed by atoms with Crippen LogP contribution < -0.4 is 14.8 Å². The first kappa shape index (κ1) is 28.9. The van der Waals surface area contributed by atoms with Crippen molar-refractivity contribution in [3.8, 4) is 22.8 Å². The van der Waals surface area contributed by atoms with Gasteiger partial charge in [-0.2, -0.15) is 9.61 Å². The van der Waals surface area contributed by atoms with Crippen molar-refractivity contribution < 1.29 is 13.2 Å². The van der Waals surface area contributed by atoms with Crippen molar-refractivity contribution >= 4 is 49.0 Å². The van der Waals surface area contributed by atoms with Gasteiger partial charge in [0.2, 0.25) is 10.0 Å². The zero-order valence-electron chi connectivity index (χ0n) is 22.6. The Labute approximate surface area is 262 Å². The minimum absolute atomic E-state index is 0.140. The molecule has 2 heterocycles. The quantitative estimate of drug-likeness (QED) is 0.155. The lowest BCUT2D eigenvalue weighted by molar-refractivity contribution is 0.482. The molecule has 2 N–H and O–H groups in total. The van der Waals surface area contributed by atoms with Gasteiger partial charge in [-0.3, -0.25) is 0 Å². The summed E-state index contributed by atoms with van der Waals surface area (Å²) >= 11 is 9.98. The maximum atomic E-state index is 13.0. The second kappa shape index (κ2) is 12.6. The SMILES string of the molecule is O=S(=O)(NCc1cccc(CNc2cc(-c3ccccc3Cl)nc3c(Br)cnn23)c1)c1ccc(Oc2ccccc2)cc1. The van der Waals surface area contributed by atoms with E-state index in [1.54, 1.807) is 22.8 Å². The predicted octanol–water partition coefficient (Wildman–Crippen LogP) is 7.70. The van der Waals surface area contributed by atoms with Gasteiger partial charge in [0, 0.05) is 29.7 Å². The molecule has 0 unspecified atom stereocenters. The van der Waals surface area contributed by atoms with Crippen LogP contribution >= 0.6 is 27.5 Å². The van der Waals surface area contributed by atoms with Crippen LogP contribution in [-0.4, -0.2) is 23.0 Å². The van der Waals surface area contributed by atoms with Gasteiger partial charge in [-0.15, -0.1) is 0 Å². The first-order valence-corrected chi connectivity index (χ1v) is 15.9. The number of halogens is 2. The lowest BCUT2D eigenvalue weighted by Gasteiger charge is -2.13. The molecule has 0 spiro atoms. The van der Waals surface area contributed by atoms with Crippen LogP contribution in [0.3, 0.4) is 0 Å². The van der Waals surface area contributed by atoms with Crippen molar-refractivity contribution in [3.63, 3.8) is 0 Å². The molecule has 11 heteroatoms. The molecule has 6 aromatic rings. The van der Waals surface area contributed by atoms with Gasteiger partial charge in [0.1, 0.15) is 17.3 Å². The van der Waals surface area contributed by atoms with E-state index in [4.69, 9.17) is 21.3 Å². The molecular weight excluding hydrogens is 650 g/mol. The zero-order chi connectivity index (χ0) is 29.8. The number of hydrogen-bond acceptors (Lipinski definition) is 6. The summed E-state index contributed by atoms with van der Waals surface area (Å²) in [5, 5.41) is 8.49. The van der Waals surface area contributed by atoms with Gasteiger partial charge in [-0.1, -0.05) is 72.3 Å². The van der Waals surface area contributed by atoms with E-state index in [9.17, 15) is 8.42 Å². The Bertz CT molecular complexity index is 2000. The summed E-state index contributed by atoms with van der Waals surface area (Å²) in [6.45, 7) is 0.614. The molecule has 0 atom stereocenters. The number of ether oxygens (including phenoxy) is 1. The Balaban J connectivity index is 1.13. The lowest BCUT2D eigenvalue weighted by Crippen LogP contribution is -2.23. The highest BCUT2D eigenvalue weighted by Crippen LogP contribution is 2.30. The average molecular weight is 675 g/mol. The van der Waals surface area contributed by atoms with Gasteiger partial charge in [-0.05, 0) is 69.5 Å². The first-order chi connectivity index (χ1) is 20.9. The van der Waals surface area contributed by atoms with E-state index in [0.29, 0.717) is 34.4 Å². The molecule has 0 saturated heterocycles. The van der Waals surface area contributed by atoms with Gasteiger partial charge in [-0.25, -0.2) is 18.1 Å². The molecule has 216 valence electrons. The number of para-hydroxylation sites is 1. The van der Waals surface area contributed by atoms with Crippen LogP contribution in [0.1, 0.15) is 11.1 Å². The minimum atomic E-state index is -3.73. The van der Waals surface area contributed by atoms with Crippen LogP contribution in [0.2, 0.25) is 5.02 Å². The molecule has 6 rings (SSSR count). The third-order valence-corrected chi connectivity index (χ3v) is 8.93. The molecule has 0 aliphatic heterocycles. The van der Waals surface area contributed by atoms with Crippen molar-refractivity contribution in [2.24, 2.45) is 0 Å². The van der Waals surface area contributed by atoms with Gasteiger partial charge in [0.25, 0.3) is 0 Å². The molecule has 0 amide bonds. The fourth-order valence-corrected chi connectivity index (χ4v) is 6.08. The van der Waals surface area contributed by atoms with Crippen LogP contribution in [0.5, 0.6) is 11.5 Å². The number of hydrogen-bond donors (Lipinski definition) is 2. The topological polar surface area (TPSA) is 97.6 Å². The van der Waals surface area contributed by atoms with Gasteiger partial charge < -0.3 is 10.1 Å². The number of nitrogens with one attached hydrogen (secondary N) is 2. The minimum Gasteiger partial charge on any atom is -0.457 e. The first-order valence-electron chi connectivity index (χ1n) is 13.3. The van der Waals surface area contributed by atoms with E-state index in [1.807, 2.05) is 84.9 Å². The maximum Gasteiger partial charge on any atom is 0.240 e. The molecular formula is C32H25BrClN5O3S. The number of aromatic nitrogens is 3. The third kappa shape index (κ3) is 6.73. The van der Waals surface area contributed by atoms with E-state index < -0.39 is 10.0 Å². The van der Waals surface area contributed by atoms with E-state index in [1.165, 1.54) is 12.1 Å². The van der Waals surface area contributed by atoms with E-state index >= 15 is 0 Å². The number of rotatable bonds is 10. The zero-order valence-corrected chi connectivity index (χ0v) is 25.8. The Morgan fingerprint density at radius 2 is 1.51 bits per heavy atom.